The van der Waals surface area contributed by atoms with E-state index in [0.717, 1.165) is 5.39 Å². The standard InChI is InChI=1S/C23H16ClFN2O3/c1-29-17-9-6-15(7-10-17)26-22(28)18-12-14-4-2-3-5-21(14)30-23(18)27-16-8-11-20(25)19(24)13-16/h2-13H,1H3,(H,26,28). The normalized spacial score (nSPS) is 11.5. The SMILES string of the molecule is COc1ccc(NC(=O)c2cc3ccccc3oc2=Nc2ccc(F)c(Cl)c2)cc1. The van der Waals surface area contributed by atoms with E-state index in [2.05, 4.69) is 10.3 Å². The molecule has 150 valence electrons. The van der Waals surface area contributed by atoms with E-state index in [9.17, 15) is 9.18 Å². The minimum atomic E-state index is -0.552. The number of benzene rings is 3. The van der Waals surface area contributed by atoms with Crippen LogP contribution in [0.3, 0.4) is 0 Å². The largest absolute Gasteiger partial charge is 0.497 e. The first kappa shape index (κ1) is 19.7. The van der Waals surface area contributed by atoms with E-state index >= 15 is 0 Å². The highest BCUT2D eigenvalue weighted by Gasteiger charge is 2.13. The summed E-state index contributed by atoms with van der Waals surface area (Å²) in [5.74, 6) is -0.275. The molecule has 4 aromatic rings. The van der Waals surface area contributed by atoms with Gasteiger partial charge in [-0.15, -0.1) is 0 Å². The number of hydrogen-bond acceptors (Lipinski definition) is 4. The lowest BCUT2D eigenvalue weighted by molar-refractivity contribution is 0.102. The third-order valence-corrected chi connectivity index (χ3v) is 4.67. The number of hydrogen-bond donors (Lipinski definition) is 1. The number of amides is 1. The Kier molecular flexibility index (Phi) is 5.50. The number of nitrogens with one attached hydrogen (secondary N) is 1. The van der Waals surface area contributed by atoms with Gasteiger partial charge in [-0.1, -0.05) is 29.8 Å². The van der Waals surface area contributed by atoms with Gasteiger partial charge in [-0.05, 0) is 54.6 Å². The van der Waals surface area contributed by atoms with E-state index in [-0.39, 0.29) is 16.1 Å². The van der Waals surface area contributed by atoms with Gasteiger partial charge in [0, 0.05) is 11.1 Å². The second-order valence-electron chi connectivity index (χ2n) is 6.40. The molecule has 1 amide bonds. The summed E-state index contributed by atoms with van der Waals surface area (Å²) in [5.41, 5.74) is 1.82. The molecule has 5 nitrogen and oxygen atoms in total. The highest BCUT2D eigenvalue weighted by atomic mass is 35.5. The predicted octanol–water partition coefficient (Wildman–Crippen LogP) is 5.72. The van der Waals surface area contributed by atoms with Crippen LogP contribution in [0, 0.1) is 5.82 Å². The molecule has 1 N–H and O–H groups in total. The number of nitrogens with zero attached hydrogens (tertiary/aromatic N) is 1. The minimum Gasteiger partial charge on any atom is -0.497 e. The summed E-state index contributed by atoms with van der Waals surface area (Å²) in [5, 5.41) is 3.50. The molecule has 0 atom stereocenters. The fourth-order valence-electron chi connectivity index (χ4n) is 2.86. The van der Waals surface area contributed by atoms with Gasteiger partial charge >= 0.3 is 0 Å². The van der Waals surface area contributed by atoms with Crippen LogP contribution in [-0.4, -0.2) is 13.0 Å². The van der Waals surface area contributed by atoms with Gasteiger partial charge in [0.05, 0.1) is 17.8 Å². The molecule has 0 saturated carbocycles. The number of anilines is 1. The third kappa shape index (κ3) is 4.18. The van der Waals surface area contributed by atoms with Crippen molar-refractivity contribution < 1.29 is 18.3 Å². The third-order valence-electron chi connectivity index (χ3n) is 4.38. The van der Waals surface area contributed by atoms with Crippen LogP contribution in [0.25, 0.3) is 11.0 Å². The van der Waals surface area contributed by atoms with Crippen molar-refractivity contribution in [1.82, 2.24) is 0 Å². The molecule has 1 heterocycles. The van der Waals surface area contributed by atoms with E-state index in [4.69, 9.17) is 20.8 Å². The van der Waals surface area contributed by atoms with Gasteiger partial charge in [0.1, 0.15) is 22.7 Å². The molecule has 0 unspecified atom stereocenters. The molecule has 30 heavy (non-hydrogen) atoms. The van der Waals surface area contributed by atoms with Crippen LogP contribution >= 0.6 is 11.6 Å². The number of rotatable bonds is 4. The van der Waals surface area contributed by atoms with E-state index in [1.165, 1.54) is 18.2 Å². The Morgan fingerprint density at radius 3 is 2.57 bits per heavy atom. The molecule has 0 radical (unpaired) electrons. The van der Waals surface area contributed by atoms with Crippen molar-refractivity contribution in [3.05, 3.63) is 94.8 Å². The molecule has 4 rings (SSSR count). The van der Waals surface area contributed by atoms with Crippen LogP contribution in [0.1, 0.15) is 10.4 Å². The first-order chi connectivity index (χ1) is 14.5. The Morgan fingerprint density at radius 2 is 1.83 bits per heavy atom. The number of carbonyl (C=O) groups is 1. The van der Waals surface area contributed by atoms with Crippen LogP contribution in [0.4, 0.5) is 15.8 Å². The zero-order chi connectivity index (χ0) is 21.1. The number of para-hydroxylation sites is 1. The monoisotopic (exact) mass is 422 g/mol. The summed E-state index contributed by atoms with van der Waals surface area (Å²) in [6.07, 6.45) is 0. The Morgan fingerprint density at radius 1 is 1.07 bits per heavy atom. The van der Waals surface area contributed by atoms with E-state index < -0.39 is 11.7 Å². The molecule has 0 aliphatic heterocycles. The molecule has 0 aliphatic rings. The van der Waals surface area contributed by atoms with E-state index in [0.29, 0.717) is 22.7 Å². The maximum atomic E-state index is 13.5. The molecule has 0 spiro atoms. The van der Waals surface area contributed by atoms with Crippen molar-refractivity contribution in [2.24, 2.45) is 4.99 Å². The first-order valence-electron chi connectivity index (χ1n) is 9.01. The molecule has 7 heteroatoms. The number of fused-ring (bicyclic) bond motifs is 1. The smallest absolute Gasteiger partial charge is 0.261 e. The van der Waals surface area contributed by atoms with Crippen molar-refractivity contribution in [3.63, 3.8) is 0 Å². The van der Waals surface area contributed by atoms with Crippen molar-refractivity contribution in [2.75, 3.05) is 12.4 Å². The summed E-state index contributed by atoms with van der Waals surface area (Å²) < 4.78 is 24.5. The quantitative estimate of drug-likeness (QED) is 0.457. The van der Waals surface area contributed by atoms with Crippen LogP contribution in [0.2, 0.25) is 5.02 Å². The summed E-state index contributed by atoms with van der Waals surface area (Å²) in [6, 6.07) is 19.9. The summed E-state index contributed by atoms with van der Waals surface area (Å²) >= 11 is 5.85. The van der Waals surface area contributed by atoms with Crippen molar-refractivity contribution >= 4 is 39.9 Å². The zero-order valence-electron chi connectivity index (χ0n) is 15.9. The number of carbonyl (C=O) groups excluding carboxylic acids is 1. The molecule has 0 bridgehead atoms. The lowest BCUT2D eigenvalue weighted by Crippen LogP contribution is -2.21. The van der Waals surface area contributed by atoms with Gasteiger partial charge in [0.25, 0.3) is 5.91 Å². The Hall–Kier alpha value is -3.64. The van der Waals surface area contributed by atoms with Crippen molar-refractivity contribution in [3.8, 4) is 5.75 Å². The van der Waals surface area contributed by atoms with Gasteiger partial charge in [-0.3, -0.25) is 4.79 Å². The highest BCUT2D eigenvalue weighted by molar-refractivity contribution is 6.31. The topological polar surface area (TPSA) is 63.8 Å². The molecule has 0 aliphatic carbocycles. The molecule has 0 fully saturated rings. The average Bonchev–Trinajstić information content (AvgIpc) is 2.76. The minimum absolute atomic E-state index is 0.0683. The lowest BCUT2D eigenvalue weighted by Gasteiger charge is -2.08. The number of ether oxygens (including phenoxy) is 1. The van der Waals surface area contributed by atoms with Crippen LogP contribution < -0.4 is 15.6 Å². The zero-order valence-corrected chi connectivity index (χ0v) is 16.6. The van der Waals surface area contributed by atoms with Crippen LogP contribution in [0.15, 0.2) is 82.2 Å². The van der Waals surface area contributed by atoms with Gasteiger partial charge in [0.15, 0.2) is 0 Å². The Balaban J connectivity index is 1.80. The van der Waals surface area contributed by atoms with Gasteiger partial charge in [-0.25, -0.2) is 9.38 Å². The molecule has 3 aromatic carbocycles. The second kappa shape index (κ2) is 8.39. The van der Waals surface area contributed by atoms with Crippen molar-refractivity contribution in [1.29, 1.82) is 0 Å². The molecule has 0 saturated heterocycles. The molecule has 1 aromatic heterocycles. The first-order valence-corrected chi connectivity index (χ1v) is 9.39. The number of methoxy groups -OCH3 is 1. The highest BCUT2D eigenvalue weighted by Crippen LogP contribution is 2.22. The molecular weight excluding hydrogens is 407 g/mol. The summed E-state index contributed by atoms with van der Waals surface area (Å²) in [7, 11) is 1.57. The van der Waals surface area contributed by atoms with Gasteiger partial charge in [0.2, 0.25) is 5.55 Å². The fourth-order valence-corrected chi connectivity index (χ4v) is 3.03. The maximum absolute atomic E-state index is 13.5. The van der Waals surface area contributed by atoms with Gasteiger partial charge in [-0.2, -0.15) is 0 Å². The second-order valence-corrected chi connectivity index (χ2v) is 6.80. The average molecular weight is 423 g/mol. The maximum Gasteiger partial charge on any atom is 0.261 e. The van der Waals surface area contributed by atoms with Gasteiger partial charge < -0.3 is 14.5 Å². The lowest BCUT2D eigenvalue weighted by atomic mass is 10.1. The van der Waals surface area contributed by atoms with Crippen molar-refractivity contribution in [2.45, 2.75) is 0 Å². The Labute approximate surface area is 176 Å². The Bertz CT molecular complexity index is 1300. The summed E-state index contributed by atoms with van der Waals surface area (Å²) in [4.78, 5) is 17.4. The van der Waals surface area contributed by atoms with E-state index in [1.807, 2.05) is 18.2 Å². The summed E-state index contributed by atoms with van der Waals surface area (Å²) in [6.45, 7) is 0. The van der Waals surface area contributed by atoms with Crippen LogP contribution in [-0.2, 0) is 0 Å². The van der Waals surface area contributed by atoms with Crippen LogP contribution in [0.5, 0.6) is 5.75 Å². The fraction of sp³-hybridized carbons (Fsp3) is 0.0435. The predicted molar refractivity (Wildman–Crippen MR) is 114 cm³/mol. The number of halogens is 2. The molecular formula is C23H16ClFN2O3. The van der Waals surface area contributed by atoms with E-state index in [1.54, 1.807) is 43.5 Å².